The maximum absolute atomic E-state index is 12.0. The Morgan fingerprint density at radius 3 is 2.62 bits per heavy atom. The number of fused-ring (bicyclic) bond motifs is 1. The van der Waals surface area contributed by atoms with Gasteiger partial charge in [-0.05, 0) is 18.6 Å². The molecule has 0 saturated heterocycles. The summed E-state index contributed by atoms with van der Waals surface area (Å²) in [4.78, 5) is 0. The van der Waals surface area contributed by atoms with Gasteiger partial charge < -0.3 is 8.92 Å². The van der Waals surface area contributed by atoms with E-state index in [-0.39, 0.29) is 5.75 Å². The highest BCUT2D eigenvalue weighted by Crippen LogP contribution is 2.41. The average Bonchev–Trinajstić information content (AvgIpc) is 2.48. The van der Waals surface area contributed by atoms with Crippen LogP contribution < -0.4 is 13.6 Å². The van der Waals surface area contributed by atoms with E-state index < -0.39 is 16.3 Å². The van der Waals surface area contributed by atoms with Crippen molar-refractivity contribution in [2.75, 3.05) is 6.61 Å². The van der Waals surface area contributed by atoms with Gasteiger partial charge in [-0.1, -0.05) is 42.5 Å². The third-order valence-corrected chi connectivity index (χ3v) is 4.12. The maximum Gasteiger partial charge on any atom is 0.383 e. The molecule has 1 heterocycles. The first kappa shape index (κ1) is 13.9. The molecule has 2 aromatic carbocycles. The van der Waals surface area contributed by atoms with Crippen LogP contribution in [-0.4, -0.2) is 15.0 Å². The molecule has 0 saturated carbocycles. The number of ether oxygens (including phenoxy) is 1. The van der Waals surface area contributed by atoms with Crippen LogP contribution in [0.5, 0.6) is 11.5 Å². The Labute approximate surface area is 123 Å². The zero-order valence-electron chi connectivity index (χ0n) is 11.4. The average molecular weight is 305 g/mol. The lowest BCUT2D eigenvalue weighted by atomic mass is 9.98. The third-order valence-electron chi connectivity index (χ3n) is 3.21. The summed E-state index contributed by atoms with van der Waals surface area (Å²) in [5, 5.41) is 0. The zero-order chi connectivity index (χ0) is 14.9. The molecule has 5 nitrogen and oxygen atoms in total. The van der Waals surface area contributed by atoms with E-state index in [1.165, 1.54) is 0 Å². The number of hydrogen-bond acceptors (Lipinski definition) is 4. The summed E-state index contributed by atoms with van der Waals surface area (Å²) in [7, 11) is -3.86. The predicted molar refractivity (Wildman–Crippen MR) is 78.6 cm³/mol. The summed E-state index contributed by atoms with van der Waals surface area (Å²) in [6.07, 6.45) is 0. The Hall–Kier alpha value is -2.05. The van der Waals surface area contributed by atoms with Gasteiger partial charge >= 0.3 is 10.3 Å². The predicted octanol–water partition coefficient (Wildman–Crippen LogP) is 2.40. The van der Waals surface area contributed by atoms with Crippen molar-refractivity contribution in [1.29, 1.82) is 0 Å². The fourth-order valence-corrected chi connectivity index (χ4v) is 3.35. The van der Waals surface area contributed by atoms with E-state index in [2.05, 4.69) is 4.72 Å². The van der Waals surface area contributed by atoms with Gasteiger partial charge in [0.15, 0.2) is 11.5 Å². The van der Waals surface area contributed by atoms with Crippen LogP contribution in [0.2, 0.25) is 0 Å². The first-order valence-corrected chi connectivity index (χ1v) is 8.04. The van der Waals surface area contributed by atoms with E-state index in [0.29, 0.717) is 12.4 Å². The molecule has 2 aromatic rings. The molecule has 110 valence electrons. The van der Waals surface area contributed by atoms with Gasteiger partial charge in [-0.2, -0.15) is 13.1 Å². The number of para-hydroxylation sites is 1. The second-order valence-electron chi connectivity index (χ2n) is 4.61. The molecule has 1 aliphatic heterocycles. The topological polar surface area (TPSA) is 64.6 Å². The van der Waals surface area contributed by atoms with Gasteiger partial charge in [-0.25, -0.2) is 0 Å². The molecule has 0 amide bonds. The minimum Gasteiger partial charge on any atom is -0.490 e. The van der Waals surface area contributed by atoms with E-state index in [0.717, 1.165) is 11.1 Å². The number of nitrogens with one attached hydrogen (secondary N) is 1. The molecule has 0 aliphatic carbocycles. The van der Waals surface area contributed by atoms with Crippen LogP contribution >= 0.6 is 0 Å². The van der Waals surface area contributed by atoms with Crippen molar-refractivity contribution in [3.8, 4) is 11.5 Å². The summed E-state index contributed by atoms with van der Waals surface area (Å²) in [6.45, 7) is 2.27. The van der Waals surface area contributed by atoms with Crippen LogP contribution in [0.4, 0.5) is 0 Å². The Kier molecular flexibility index (Phi) is 3.57. The van der Waals surface area contributed by atoms with Crippen molar-refractivity contribution in [3.05, 3.63) is 59.7 Å². The van der Waals surface area contributed by atoms with E-state index in [9.17, 15) is 8.42 Å². The van der Waals surface area contributed by atoms with Crippen LogP contribution in [0.15, 0.2) is 48.5 Å². The highest BCUT2D eigenvalue weighted by molar-refractivity contribution is 7.85. The minimum absolute atomic E-state index is 0.256. The summed E-state index contributed by atoms with van der Waals surface area (Å²) < 4.78 is 37.0. The SMILES string of the molecule is CCOc1cccc2c1OS(=O)(=O)N[C@@H]2c1ccccc1. The maximum atomic E-state index is 12.0. The Balaban J connectivity index is 2.15. The molecule has 0 radical (unpaired) electrons. The molecule has 3 rings (SSSR count). The largest absolute Gasteiger partial charge is 0.490 e. The normalized spacial score (nSPS) is 19.4. The highest BCUT2D eigenvalue weighted by atomic mass is 32.2. The van der Waals surface area contributed by atoms with Gasteiger partial charge in [0.25, 0.3) is 0 Å². The van der Waals surface area contributed by atoms with Gasteiger partial charge in [0.1, 0.15) is 0 Å². The Morgan fingerprint density at radius 1 is 1.14 bits per heavy atom. The molecule has 1 aliphatic rings. The molecule has 0 bridgehead atoms. The molecule has 0 fully saturated rings. The van der Waals surface area contributed by atoms with Gasteiger partial charge in [-0.15, -0.1) is 0 Å². The molecule has 21 heavy (non-hydrogen) atoms. The first-order chi connectivity index (χ1) is 10.1. The number of benzene rings is 2. The Bertz CT molecular complexity index is 744. The van der Waals surface area contributed by atoms with E-state index in [4.69, 9.17) is 8.92 Å². The van der Waals surface area contributed by atoms with Crippen LogP contribution in [0.3, 0.4) is 0 Å². The van der Waals surface area contributed by atoms with Gasteiger partial charge in [0.2, 0.25) is 0 Å². The molecule has 6 heteroatoms. The fraction of sp³-hybridized carbons (Fsp3) is 0.200. The summed E-state index contributed by atoms with van der Waals surface area (Å²) in [5.41, 5.74) is 1.58. The van der Waals surface area contributed by atoms with Crippen molar-refractivity contribution < 1.29 is 17.3 Å². The molecule has 0 spiro atoms. The van der Waals surface area contributed by atoms with E-state index >= 15 is 0 Å². The number of hydrogen-bond donors (Lipinski definition) is 1. The molecular formula is C15H15NO4S. The summed E-state index contributed by atoms with van der Waals surface area (Å²) in [5.74, 6) is 0.688. The van der Waals surface area contributed by atoms with Crippen LogP contribution in [0.1, 0.15) is 24.1 Å². The smallest absolute Gasteiger partial charge is 0.383 e. The Morgan fingerprint density at radius 2 is 1.90 bits per heavy atom. The third kappa shape index (κ3) is 2.72. The van der Waals surface area contributed by atoms with Crippen molar-refractivity contribution in [2.45, 2.75) is 13.0 Å². The standard InChI is InChI=1S/C15H15NO4S/c1-2-19-13-10-6-9-12-14(11-7-4-3-5-8-11)16-21(17,18)20-15(12)13/h3-10,14,16H,2H2,1H3/t14-/m1/s1. The second kappa shape index (κ2) is 5.38. The van der Waals surface area contributed by atoms with Gasteiger partial charge in [0, 0.05) is 5.56 Å². The van der Waals surface area contributed by atoms with Crippen LogP contribution in [-0.2, 0) is 10.3 Å². The van der Waals surface area contributed by atoms with Crippen molar-refractivity contribution in [2.24, 2.45) is 0 Å². The van der Waals surface area contributed by atoms with Gasteiger partial charge in [0.05, 0.1) is 12.6 Å². The molecule has 1 N–H and O–H groups in total. The lowest BCUT2D eigenvalue weighted by Crippen LogP contribution is -2.37. The molecule has 0 aromatic heterocycles. The molecule has 1 atom stereocenters. The monoisotopic (exact) mass is 305 g/mol. The molecular weight excluding hydrogens is 290 g/mol. The fourth-order valence-electron chi connectivity index (χ4n) is 2.35. The van der Waals surface area contributed by atoms with E-state index in [1.807, 2.05) is 49.4 Å². The van der Waals surface area contributed by atoms with Crippen molar-refractivity contribution >= 4 is 10.3 Å². The number of rotatable bonds is 3. The zero-order valence-corrected chi connectivity index (χ0v) is 12.3. The van der Waals surface area contributed by atoms with Gasteiger partial charge in [-0.3, -0.25) is 0 Å². The van der Waals surface area contributed by atoms with Crippen LogP contribution in [0, 0.1) is 0 Å². The minimum atomic E-state index is -3.86. The van der Waals surface area contributed by atoms with Crippen molar-refractivity contribution in [1.82, 2.24) is 4.72 Å². The first-order valence-electron chi connectivity index (χ1n) is 6.63. The lowest BCUT2D eigenvalue weighted by Gasteiger charge is -2.27. The van der Waals surface area contributed by atoms with Crippen LogP contribution in [0.25, 0.3) is 0 Å². The van der Waals surface area contributed by atoms with E-state index in [1.54, 1.807) is 6.07 Å². The summed E-state index contributed by atoms with van der Waals surface area (Å²) >= 11 is 0. The quantitative estimate of drug-likeness (QED) is 0.945. The van der Waals surface area contributed by atoms with Crippen molar-refractivity contribution in [3.63, 3.8) is 0 Å². The lowest BCUT2D eigenvalue weighted by molar-refractivity contribution is 0.322. The highest BCUT2D eigenvalue weighted by Gasteiger charge is 2.33. The summed E-state index contributed by atoms with van der Waals surface area (Å²) in [6, 6.07) is 14.2. The second-order valence-corrected chi connectivity index (χ2v) is 5.92. The molecule has 0 unspecified atom stereocenters.